The second-order valence-electron chi connectivity index (χ2n) is 4.13. The first kappa shape index (κ1) is 12.2. The van der Waals surface area contributed by atoms with Crippen LogP contribution >= 0.6 is 22.9 Å². The predicted molar refractivity (Wildman–Crippen MR) is 84.4 cm³/mol. The molecule has 2 N–H and O–H groups in total. The summed E-state index contributed by atoms with van der Waals surface area (Å²) in [6.07, 6.45) is 3.90. The highest BCUT2D eigenvalue weighted by Gasteiger charge is 2.01. The molecule has 19 heavy (non-hydrogen) atoms. The molecule has 0 amide bonds. The molecular weight excluding hydrogens is 276 g/mol. The van der Waals surface area contributed by atoms with Gasteiger partial charge in [0.2, 0.25) is 0 Å². The van der Waals surface area contributed by atoms with Gasteiger partial charge in [0.05, 0.1) is 10.2 Å². The number of thiazole rings is 1. The van der Waals surface area contributed by atoms with Crippen LogP contribution in [0.2, 0.25) is 5.02 Å². The Balaban J connectivity index is 1.95. The quantitative estimate of drug-likeness (QED) is 0.693. The number of rotatable bonds is 2. The number of hydrogen-bond donors (Lipinski definition) is 1. The zero-order valence-corrected chi connectivity index (χ0v) is 11.6. The van der Waals surface area contributed by atoms with E-state index in [4.69, 9.17) is 17.3 Å². The predicted octanol–water partition coefficient (Wildman–Crippen LogP) is 4.70. The first-order chi connectivity index (χ1) is 9.22. The Bertz CT molecular complexity index is 729. The zero-order chi connectivity index (χ0) is 13.2. The van der Waals surface area contributed by atoms with E-state index in [0.29, 0.717) is 10.7 Å². The van der Waals surface area contributed by atoms with E-state index in [0.717, 1.165) is 16.1 Å². The van der Waals surface area contributed by atoms with Crippen molar-refractivity contribution in [3.05, 3.63) is 58.1 Å². The second kappa shape index (κ2) is 5.03. The Hall–Kier alpha value is -1.84. The van der Waals surface area contributed by atoms with Crippen LogP contribution in [-0.2, 0) is 0 Å². The van der Waals surface area contributed by atoms with Crippen molar-refractivity contribution in [3.8, 4) is 0 Å². The molecule has 1 heterocycles. The van der Waals surface area contributed by atoms with Crippen molar-refractivity contribution in [2.75, 3.05) is 5.73 Å². The van der Waals surface area contributed by atoms with E-state index in [9.17, 15) is 0 Å². The van der Waals surface area contributed by atoms with E-state index in [2.05, 4.69) is 11.1 Å². The van der Waals surface area contributed by atoms with Gasteiger partial charge in [-0.05, 0) is 42.0 Å². The number of aromatic nitrogens is 1. The van der Waals surface area contributed by atoms with Crippen molar-refractivity contribution < 1.29 is 0 Å². The Morgan fingerprint density at radius 1 is 1.11 bits per heavy atom. The SMILES string of the molecule is Nc1ccc(Cl)c(C=Cc2nc3ccccc3s2)c1. The topological polar surface area (TPSA) is 38.9 Å². The van der Waals surface area contributed by atoms with E-state index >= 15 is 0 Å². The summed E-state index contributed by atoms with van der Waals surface area (Å²) in [6.45, 7) is 0. The summed E-state index contributed by atoms with van der Waals surface area (Å²) in [5.41, 5.74) is 8.38. The summed E-state index contributed by atoms with van der Waals surface area (Å²) in [6, 6.07) is 13.5. The third-order valence-corrected chi connectivity index (χ3v) is 4.08. The van der Waals surface area contributed by atoms with Gasteiger partial charge in [0, 0.05) is 10.7 Å². The molecule has 3 aromatic rings. The summed E-state index contributed by atoms with van der Waals surface area (Å²) in [5.74, 6) is 0. The zero-order valence-electron chi connectivity index (χ0n) is 10.0. The number of fused-ring (bicyclic) bond motifs is 1. The molecule has 0 saturated heterocycles. The van der Waals surface area contributed by atoms with Crippen LogP contribution in [0.5, 0.6) is 0 Å². The molecule has 2 aromatic carbocycles. The molecular formula is C15H11ClN2S. The molecule has 94 valence electrons. The summed E-state index contributed by atoms with van der Waals surface area (Å²) in [4.78, 5) is 4.54. The standard InChI is InChI=1S/C15H11ClN2S/c16-12-7-6-11(17)9-10(12)5-8-15-18-13-3-1-2-4-14(13)19-15/h1-9H,17H2. The minimum atomic E-state index is 0.687. The average Bonchev–Trinajstić information content (AvgIpc) is 2.82. The summed E-state index contributed by atoms with van der Waals surface area (Å²) in [7, 11) is 0. The molecule has 0 spiro atoms. The minimum Gasteiger partial charge on any atom is -0.399 e. The van der Waals surface area contributed by atoms with Crippen LogP contribution in [-0.4, -0.2) is 4.98 Å². The molecule has 3 rings (SSSR count). The molecule has 0 unspecified atom stereocenters. The third-order valence-electron chi connectivity index (χ3n) is 2.74. The number of hydrogen-bond acceptors (Lipinski definition) is 3. The smallest absolute Gasteiger partial charge is 0.117 e. The van der Waals surface area contributed by atoms with Gasteiger partial charge in [-0.25, -0.2) is 4.98 Å². The normalized spacial score (nSPS) is 11.4. The van der Waals surface area contributed by atoms with Gasteiger partial charge in [0.15, 0.2) is 0 Å². The fourth-order valence-electron chi connectivity index (χ4n) is 1.81. The number of nitrogen functional groups attached to an aromatic ring is 1. The summed E-state index contributed by atoms with van der Waals surface area (Å²) < 4.78 is 1.18. The minimum absolute atomic E-state index is 0.687. The number of nitrogens with zero attached hydrogens (tertiary/aromatic N) is 1. The Morgan fingerprint density at radius 2 is 1.95 bits per heavy atom. The highest BCUT2D eigenvalue weighted by atomic mass is 35.5. The van der Waals surface area contributed by atoms with Gasteiger partial charge >= 0.3 is 0 Å². The maximum Gasteiger partial charge on any atom is 0.117 e. The molecule has 2 nitrogen and oxygen atoms in total. The van der Waals surface area contributed by atoms with E-state index < -0.39 is 0 Å². The maximum absolute atomic E-state index is 6.12. The Morgan fingerprint density at radius 3 is 2.79 bits per heavy atom. The molecule has 0 radical (unpaired) electrons. The molecule has 0 aliphatic carbocycles. The van der Waals surface area contributed by atoms with E-state index in [1.165, 1.54) is 4.70 Å². The van der Waals surface area contributed by atoms with E-state index in [-0.39, 0.29) is 0 Å². The summed E-state index contributed by atoms with van der Waals surface area (Å²) >= 11 is 7.77. The molecule has 4 heteroatoms. The lowest BCUT2D eigenvalue weighted by Gasteiger charge is -1.99. The highest BCUT2D eigenvalue weighted by molar-refractivity contribution is 7.19. The van der Waals surface area contributed by atoms with Gasteiger partial charge in [-0.15, -0.1) is 11.3 Å². The van der Waals surface area contributed by atoms with Crippen molar-refractivity contribution in [1.82, 2.24) is 4.98 Å². The molecule has 1 aromatic heterocycles. The molecule has 0 fully saturated rings. The lowest BCUT2D eigenvalue weighted by Crippen LogP contribution is -1.85. The first-order valence-corrected chi connectivity index (χ1v) is 7.00. The Labute approximate surface area is 120 Å². The van der Waals surface area contributed by atoms with Gasteiger partial charge in [0.25, 0.3) is 0 Å². The van der Waals surface area contributed by atoms with E-state index in [1.54, 1.807) is 23.5 Å². The number of halogens is 1. The maximum atomic E-state index is 6.12. The largest absolute Gasteiger partial charge is 0.399 e. The van der Waals surface area contributed by atoms with Crippen molar-refractivity contribution in [1.29, 1.82) is 0 Å². The van der Waals surface area contributed by atoms with Crippen LogP contribution in [0.15, 0.2) is 42.5 Å². The molecule has 0 aliphatic rings. The van der Waals surface area contributed by atoms with Crippen molar-refractivity contribution in [2.45, 2.75) is 0 Å². The van der Waals surface area contributed by atoms with Crippen LogP contribution in [0.4, 0.5) is 5.69 Å². The van der Waals surface area contributed by atoms with Crippen molar-refractivity contribution in [3.63, 3.8) is 0 Å². The van der Waals surface area contributed by atoms with Crippen molar-refractivity contribution in [2.24, 2.45) is 0 Å². The van der Waals surface area contributed by atoms with Gasteiger partial charge in [-0.2, -0.15) is 0 Å². The van der Waals surface area contributed by atoms with Gasteiger partial charge < -0.3 is 5.73 Å². The van der Waals surface area contributed by atoms with Gasteiger partial charge in [-0.1, -0.05) is 29.8 Å². The highest BCUT2D eigenvalue weighted by Crippen LogP contribution is 2.25. The van der Waals surface area contributed by atoms with Gasteiger partial charge in [0.1, 0.15) is 5.01 Å². The van der Waals surface area contributed by atoms with Gasteiger partial charge in [-0.3, -0.25) is 0 Å². The number of nitrogens with two attached hydrogens (primary N) is 1. The number of benzene rings is 2. The van der Waals surface area contributed by atoms with Crippen LogP contribution in [0, 0.1) is 0 Å². The van der Waals surface area contributed by atoms with Crippen LogP contribution in [0.1, 0.15) is 10.6 Å². The second-order valence-corrected chi connectivity index (χ2v) is 5.60. The monoisotopic (exact) mass is 286 g/mol. The number of anilines is 1. The molecule has 0 saturated carbocycles. The van der Waals surface area contributed by atoms with Crippen LogP contribution in [0.25, 0.3) is 22.4 Å². The fraction of sp³-hybridized carbons (Fsp3) is 0. The van der Waals surface area contributed by atoms with Crippen LogP contribution in [0.3, 0.4) is 0 Å². The number of para-hydroxylation sites is 1. The third kappa shape index (κ3) is 2.62. The molecule has 0 atom stereocenters. The van der Waals surface area contributed by atoms with Crippen molar-refractivity contribution >= 4 is 51.0 Å². The lowest BCUT2D eigenvalue weighted by atomic mass is 10.2. The Kier molecular flexibility index (Phi) is 3.23. The summed E-state index contributed by atoms with van der Waals surface area (Å²) in [5, 5.41) is 1.64. The van der Waals surface area contributed by atoms with Crippen LogP contribution < -0.4 is 5.73 Å². The first-order valence-electron chi connectivity index (χ1n) is 5.81. The fourth-order valence-corrected chi connectivity index (χ4v) is 2.86. The molecule has 0 aliphatic heterocycles. The molecule has 0 bridgehead atoms. The average molecular weight is 287 g/mol. The lowest BCUT2D eigenvalue weighted by molar-refractivity contribution is 1.46. The van der Waals surface area contributed by atoms with E-state index in [1.807, 2.05) is 36.4 Å².